The summed E-state index contributed by atoms with van der Waals surface area (Å²) in [6.45, 7) is 0.0313. The van der Waals surface area contributed by atoms with Crippen LogP contribution in [0.3, 0.4) is 0 Å². The molecule has 0 atom stereocenters. The first kappa shape index (κ1) is 13.0. The molecule has 0 heterocycles. The smallest absolute Gasteiger partial charge is 0.0682 e. The van der Waals surface area contributed by atoms with Gasteiger partial charge in [-0.05, 0) is 60.2 Å². The molecule has 0 amide bonds. The number of halogens is 1. The molecule has 0 radical (unpaired) electrons. The summed E-state index contributed by atoms with van der Waals surface area (Å²) >= 11 is 7.93. The highest BCUT2D eigenvalue weighted by Gasteiger charge is 2.12. The van der Waals surface area contributed by atoms with Crippen molar-refractivity contribution >= 4 is 23.4 Å². The van der Waals surface area contributed by atoms with Gasteiger partial charge in [0.2, 0.25) is 0 Å². The number of benzene rings is 2. The molecule has 0 saturated heterocycles. The van der Waals surface area contributed by atoms with Crippen molar-refractivity contribution in [2.75, 3.05) is 0 Å². The quantitative estimate of drug-likeness (QED) is 0.900. The summed E-state index contributed by atoms with van der Waals surface area (Å²) in [7, 11) is 0. The summed E-state index contributed by atoms with van der Waals surface area (Å²) in [4.78, 5) is 2.27. The van der Waals surface area contributed by atoms with Crippen LogP contribution in [0.5, 0.6) is 0 Å². The van der Waals surface area contributed by atoms with E-state index in [9.17, 15) is 0 Å². The van der Waals surface area contributed by atoms with Crippen molar-refractivity contribution < 1.29 is 5.11 Å². The fourth-order valence-electron chi connectivity index (χ4n) is 2.46. The molecule has 1 N–H and O–H groups in total. The van der Waals surface area contributed by atoms with E-state index in [1.54, 1.807) is 11.8 Å². The molecular formula is C16H15ClOS. The van der Waals surface area contributed by atoms with Gasteiger partial charge in [0.25, 0.3) is 0 Å². The molecule has 1 aliphatic carbocycles. The fourth-order valence-corrected chi connectivity index (χ4v) is 3.67. The van der Waals surface area contributed by atoms with Crippen molar-refractivity contribution in [1.82, 2.24) is 0 Å². The molecule has 0 fully saturated rings. The van der Waals surface area contributed by atoms with E-state index in [0.717, 1.165) is 10.5 Å². The SMILES string of the molecule is OCc1ccc(Sc2ccc3c(c2)CCC3)c(Cl)c1. The van der Waals surface area contributed by atoms with E-state index in [-0.39, 0.29) is 6.61 Å². The first-order valence-corrected chi connectivity index (χ1v) is 7.64. The average Bonchev–Trinajstić information content (AvgIpc) is 2.88. The van der Waals surface area contributed by atoms with E-state index < -0.39 is 0 Å². The Morgan fingerprint density at radius 2 is 1.89 bits per heavy atom. The van der Waals surface area contributed by atoms with Gasteiger partial charge in [-0.3, -0.25) is 0 Å². The standard InChI is InChI=1S/C16H15ClOS/c17-15-8-11(10-18)4-7-16(15)19-14-6-5-12-2-1-3-13(12)9-14/h4-9,18H,1-3,10H2. The maximum absolute atomic E-state index is 9.08. The van der Waals surface area contributed by atoms with Gasteiger partial charge in [0.1, 0.15) is 0 Å². The van der Waals surface area contributed by atoms with Crippen LogP contribution >= 0.6 is 23.4 Å². The summed E-state index contributed by atoms with van der Waals surface area (Å²) in [5.41, 5.74) is 3.82. The lowest BCUT2D eigenvalue weighted by Gasteiger charge is -2.07. The third-order valence-corrected chi connectivity index (χ3v) is 4.97. The van der Waals surface area contributed by atoms with E-state index in [0.29, 0.717) is 5.02 Å². The number of fused-ring (bicyclic) bond motifs is 1. The fraction of sp³-hybridized carbons (Fsp3) is 0.250. The summed E-state index contributed by atoms with van der Waals surface area (Å²) in [5.74, 6) is 0. The Bertz CT molecular complexity index is 610. The largest absolute Gasteiger partial charge is 0.392 e. The average molecular weight is 291 g/mol. The summed E-state index contributed by atoms with van der Waals surface area (Å²) in [5, 5.41) is 9.79. The van der Waals surface area contributed by atoms with Crippen molar-refractivity contribution in [3.05, 3.63) is 58.1 Å². The van der Waals surface area contributed by atoms with Crippen LogP contribution in [0.2, 0.25) is 5.02 Å². The van der Waals surface area contributed by atoms with E-state index in [4.69, 9.17) is 16.7 Å². The maximum Gasteiger partial charge on any atom is 0.0682 e. The highest BCUT2D eigenvalue weighted by atomic mass is 35.5. The molecule has 0 spiro atoms. The normalized spacial score (nSPS) is 13.6. The second-order valence-corrected chi connectivity index (χ2v) is 6.33. The molecule has 3 rings (SSSR count). The summed E-state index contributed by atoms with van der Waals surface area (Å²) < 4.78 is 0. The number of rotatable bonds is 3. The predicted molar refractivity (Wildman–Crippen MR) is 80.0 cm³/mol. The predicted octanol–water partition coefficient (Wildman–Crippen LogP) is 4.47. The minimum Gasteiger partial charge on any atom is -0.392 e. The molecule has 1 aliphatic rings. The maximum atomic E-state index is 9.08. The third kappa shape index (κ3) is 2.81. The van der Waals surface area contributed by atoms with E-state index >= 15 is 0 Å². The lowest BCUT2D eigenvalue weighted by Crippen LogP contribution is -1.85. The zero-order valence-electron chi connectivity index (χ0n) is 10.5. The van der Waals surface area contributed by atoms with Gasteiger partial charge in [-0.15, -0.1) is 0 Å². The second-order valence-electron chi connectivity index (χ2n) is 4.81. The van der Waals surface area contributed by atoms with Gasteiger partial charge in [0, 0.05) is 9.79 Å². The lowest BCUT2D eigenvalue weighted by atomic mass is 10.1. The first-order valence-electron chi connectivity index (χ1n) is 6.45. The Balaban J connectivity index is 1.85. The molecule has 0 bridgehead atoms. The number of aryl methyl sites for hydroxylation is 2. The van der Waals surface area contributed by atoms with E-state index in [1.165, 1.54) is 35.3 Å². The molecule has 2 aromatic carbocycles. The van der Waals surface area contributed by atoms with Gasteiger partial charge in [0.15, 0.2) is 0 Å². The molecule has 2 aromatic rings. The van der Waals surface area contributed by atoms with Crippen LogP contribution < -0.4 is 0 Å². The molecule has 19 heavy (non-hydrogen) atoms. The van der Waals surface area contributed by atoms with Crippen molar-refractivity contribution in [3.8, 4) is 0 Å². The van der Waals surface area contributed by atoms with Gasteiger partial charge >= 0.3 is 0 Å². The Kier molecular flexibility index (Phi) is 3.83. The Morgan fingerprint density at radius 3 is 2.68 bits per heavy atom. The van der Waals surface area contributed by atoms with Gasteiger partial charge in [-0.2, -0.15) is 0 Å². The lowest BCUT2D eigenvalue weighted by molar-refractivity contribution is 0.282. The number of aliphatic hydroxyl groups excluding tert-OH is 1. The minimum atomic E-state index is 0.0313. The molecule has 0 unspecified atom stereocenters. The molecule has 3 heteroatoms. The van der Waals surface area contributed by atoms with Gasteiger partial charge < -0.3 is 5.11 Å². The Hall–Kier alpha value is -0.960. The summed E-state index contributed by atoms with van der Waals surface area (Å²) in [6.07, 6.45) is 3.68. The number of aliphatic hydroxyl groups is 1. The zero-order chi connectivity index (χ0) is 13.2. The molecular weight excluding hydrogens is 276 g/mol. The molecule has 0 aromatic heterocycles. The zero-order valence-corrected chi connectivity index (χ0v) is 12.1. The van der Waals surface area contributed by atoms with Crippen LogP contribution in [0.1, 0.15) is 23.1 Å². The van der Waals surface area contributed by atoms with Crippen LogP contribution in [0, 0.1) is 0 Å². The molecule has 0 saturated carbocycles. The first-order chi connectivity index (χ1) is 9.26. The highest BCUT2D eigenvalue weighted by Crippen LogP contribution is 2.36. The van der Waals surface area contributed by atoms with Crippen molar-refractivity contribution in [1.29, 1.82) is 0 Å². The number of hydrogen-bond donors (Lipinski definition) is 1. The van der Waals surface area contributed by atoms with E-state index in [1.807, 2.05) is 18.2 Å². The monoisotopic (exact) mass is 290 g/mol. The van der Waals surface area contributed by atoms with Crippen LogP contribution in [-0.2, 0) is 19.4 Å². The molecule has 1 nitrogen and oxygen atoms in total. The van der Waals surface area contributed by atoms with Gasteiger partial charge in [0.05, 0.1) is 11.6 Å². The number of hydrogen-bond acceptors (Lipinski definition) is 2. The van der Waals surface area contributed by atoms with Crippen LogP contribution in [0.25, 0.3) is 0 Å². The van der Waals surface area contributed by atoms with Crippen molar-refractivity contribution in [2.45, 2.75) is 35.7 Å². The second kappa shape index (κ2) is 5.58. The van der Waals surface area contributed by atoms with Gasteiger partial charge in [-0.1, -0.05) is 35.5 Å². The van der Waals surface area contributed by atoms with Crippen LogP contribution in [0.4, 0.5) is 0 Å². The van der Waals surface area contributed by atoms with Crippen LogP contribution in [0.15, 0.2) is 46.2 Å². The molecule has 98 valence electrons. The third-order valence-electron chi connectivity index (χ3n) is 3.48. The van der Waals surface area contributed by atoms with Gasteiger partial charge in [-0.25, -0.2) is 0 Å². The topological polar surface area (TPSA) is 20.2 Å². The minimum absolute atomic E-state index is 0.0313. The molecule has 0 aliphatic heterocycles. The van der Waals surface area contributed by atoms with Crippen molar-refractivity contribution in [2.24, 2.45) is 0 Å². The Labute approximate surface area is 122 Å². The van der Waals surface area contributed by atoms with E-state index in [2.05, 4.69) is 18.2 Å². The Morgan fingerprint density at radius 1 is 1.05 bits per heavy atom. The van der Waals surface area contributed by atoms with Crippen LogP contribution in [-0.4, -0.2) is 5.11 Å². The highest BCUT2D eigenvalue weighted by molar-refractivity contribution is 7.99. The van der Waals surface area contributed by atoms with Crippen molar-refractivity contribution in [3.63, 3.8) is 0 Å². The summed E-state index contributed by atoms with van der Waals surface area (Å²) in [6, 6.07) is 12.4.